The van der Waals surface area contributed by atoms with Crippen LogP contribution in [-0.4, -0.2) is 28.1 Å². The molecule has 0 aromatic heterocycles. The summed E-state index contributed by atoms with van der Waals surface area (Å²) in [5.41, 5.74) is 5.33. The van der Waals surface area contributed by atoms with Crippen molar-refractivity contribution in [2.75, 3.05) is 0 Å². The summed E-state index contributed by atoms with van der Waals surface area (Å²) in [4.78, 5) is 32.5. The van der Waals surface area contributed by atoms with Crippen LogP contribution in [0, 0.1) is 0 Å². The molecule has 1 atom stereocenters. The van der Waals surface area contributed by atoms with Crippen molar-refractivity contribution in [3.63, 3.8) is 0 Å². The Morgan fingerprint density at radius 1 is 0.568 bits per heavy atom. The fourth-order valence-electron chi connectivity index (χ4n) is 4.35. The predicted molar refractivity (Wildman–Crippen MR) is 158 cm³/mol. The van der Waals surface area contributed by atoms with Gasteiger partial charge in [0.05, 0.1) is 0 Å². The van der Waals surface area contributed by atoms with E-state index in [2.05, 4.69) is 13.8 Å². The Kier molecular flexibility index (Phi) is 32.3. The summed E-state index contributed by atoms with van der Waals surface area (Å²) in [5, 5.41) is 8.43. The minimum absolute atomic E-state index is 0.0270. The minimum atomic E-state index is -1.10. The van der Waals surface area contributed by atoms with E-state index in [4.69, 9.17) is 22.4 Å². The highest BCUT2D eigenvalue weighted by atomic mass is 35.5. The van der Waals surface area contributed by atoms with Crippen molar-refractivity contribution in [2.24, 2.45) is 5.73 Å². The number of hydrogen-bond acceptors (Lipinski definition) is 4. The van der Waals surface area contributed by atoms with Crippen molar-refractivity contribution in [2.45, 2.75) is 180 Å². The lowest BCUT2D eigenvalue weighted by Gasteiger charge is -2.05. The summed E-state index contributed by atoms with van der Waals surface area (Å²) in [6.07, 6.45) is 29.1. The third-order valence-corrected chi connectivity index (χ3v) is 6.99. The lowest BCUT2D eigenvalue weighted by atomic mass is 10.0. The number of halogens is 1. The fourth-order valence-corrected chi connectivity index (χ4v) is 4.48. The third-order valence-electron chi connectivity index (χ3n) is 6.80. The molecule has 0 aliphatic rings. The molecule has 0 rings (SSSR count). The van der Waals surface area contributed by atoms with Gasteiger partial charge in [-0.1, -0.05) is 142 Å². The molecule has 0 fully saturated rings. The van der Waals surface area contributed by atoms with E-state index in [9.17, 15) is 14.4 Å². The van der Waals surface area contributed by atoms with E-state index in [0.717, 1.165) is 25.7 Å². The zero-order valence-corrected chi connectivity index (χ0v) is 25.1. The molecular formula is C31H60ClNO4. The number of aliphatic carboxylic acids is 1. The van der Waals surface area contributed by atoms with Crippen LogP contribution in [0.25, 0.3) is 0 Å². The number of carbonyl (C=O) groups is 3. The molecule has 0 aliphatic carbocycles. The molecule has 0 saturated carbocycles. The third kappa shape index (κ3) is 35.1. The second-order valence-electron chi connectivity index (χ2n) is 10.6. The highest BCUT2D eigenvalue weighted by molar-refractivity contribution is 6.63. The summed E-state index contributed by atoms with van der Waals surface area (Å²) < 4.78 is 0. The lowest BCUT2D eigenvalue weighted by Crippen LogP contribution is -2.32. The smallest absolute Gasteiger partial charge is 0.320 e. The summed E-state index contributed by atoms with van der Waals surface area (Å²) in [6.45, 7) is 4.49. The SMILES string of the molecule is CCCCCCCCCCCCCC(=O)C[C@H](N)C(=O)O.CCCCCCCCCCCCCC(=O)Cl. The van der Waals surface area contributed by atoms with Gasteiger partial charge >= 0.3 is 5.97 Å². The number of carboxylic acid groups (broad SMARTS) is 1. The Morgan fingerprint density at radius 3 is 1.16 bits per heavy atom. The van der Waals surface area contributed by atoms with E-state index < -0.39 is 12.0 Å². The van der Waals surface area contributed by atoms with Crippen molar-refractivity contribution in [3.05, 3.63) is 0 Å². The maximum Gasteiger partial charge on any atom is 0.320 e. The van der Waals surface area contributed by atoms with Crippen molar-refractivity contribution in [1.82, 2.24) is 0 Å². The number of Topliss-reactive ketones (excluding diaryl/α,β-unsaturated/α-hetero) is 1. The highest BCUT2D eigenvalue weighted by Gasteiger charge is 2.15. The number of carbonyl (C=O) groups excluding carboxylic acids is 2. The van der Waals surface area contributed by atoms with Gasteiger partial charge in [-0.25, -0.2) is 0 Å². The van der Waals surface area contributed by atoms with Gasteiger partial charge in [-0.3, -0.25) is 14.4 Å². The molecular weight excluding hydrogens is 486 g/mol. The zero-order valence-electron chi connectivity index (χ0n) is 24.4. The Hall–Kier alpha value is -0.940. The number of rotatable bonds is 27. The van der Waals surface area contributed by atoms with E-state index in [1.54, 1.807) is 0 Å². The average molecular weight is 546 g/mol. The quantitative estimate of drug-likeness (QED) is 0.0790. The summed E-state index contributed by atoms with van der Waals surface area (Å²) in [6, 6.07) is -1.04. The highest BCUT2D eigenvalue weighted by Crippen LogP contribution is 2.13. The van der Waals surface area contributed by atoms with Gasteiger partial charge < -0.3 is 10.8 Å². The molecule has 0 radical (unpaired) electrons. The topological polar surface area (TPSA) is 97.5 Å². The van der Waals surface area contributed by atoms with Crippen LogP contribution in [0.5, 0.6) is 0 Å². The Balaban J connectivity index is 0. The number of hydrogen-bond donors (Lipinski definition) is 2. The molecule has 6 heteroatoms. The maximum absolute atomic E-state index is 11.5. The number of unbranched alkanes of at least 4 members (excludes halogenated alkanes) is 20. The first kappa shape index (κ1) is 38.2. The normalized spacial score (nSPS) is 11.6. The molecule has 220 valence electrons. The maximum atomic E-state index is 11.5. The van der Waals surface area contributed by atoms with Crippen LogP contribution in [0.3, 0.4) is 0 Å². The van der Waals surface area contributed by atoms with E-state index in [1.165, 1.54) is 116 Å². The molecule has 3 N–H and O–H groups in total. The Bertz CT molecular complexity index is 527. The summed E-state index contributed by atoms with van der Waals surface area (Å²) in [5.74, 6) is -1.12. The van der Waals surface area contributed by atoms with Gasteiger partial charge in [-0.05, 0) is 24.4 Å². The number of nitrogens with two attached hydrogens (primary N) is 1. The van der Waals surface area contributed by atoms with Crippen LogP contribution < -0.4 is 5.73 Å². The van der Waals surface area contributed by atoms with Gasteiger partial charge in [0.25, 0.3) is 0 Å². The van der Waals surface area contributed by atoms with Crippen LogP contribution in [0.15, 0.2) is 0 Å². The molecule has 0 amide bonds. The molecule has 0 saturated heterocycles. The minimum Gasteiger partial charge on any atom is -0.480 e. The van der Waals surface area contributed by atoms with Crippen molar-refractivity contribution >= 4 is 28.6 Å². The van der Waals surface area contributed by atoms with Crippen LogP contribution in [0.4, 0.5) is 0 Å². The Labute approximate surface area is 234 Å². The first-order chi connectivity index (χ1) is 17.8. The Morgan fingerprint density at radius 2 is 0.865 bits per heavy atom. The van der Waals surface area contributed by atoms with Gasteiger partial charge in [0, 0.05) is 19.3 Å². The molecule has 0 aromatic carbocycles. The molecule has 5 nitrogen and oxygen atoms in total. The summed E-state index contributed by atoms with van der Waals surface area (Å²) >= 11 is 5.26. The average Bonchev–Trinajstić information content (AvgIpc) is 2.86. The molecule has 0 aromatic rings. The second-order valence-corrected chi connectivity index (χ2v) is 11.0. The van der Waals surface area contributed by atoms with Crippen molar-refractivity contribution < 1.29 is 19.5 Å². The van der Waals surface area contributed by atoms with E-state index >= 15 is 0 Å². The standard InChI is InChI=1S/C17H33NO3.C14H27ClO/c1-2-3-4-5-6-7-8-9-10-11-12-13-15(19)14-16(18)17(20)21;1-2-3-4-5-6-7-8-9-10-11-12-13-14(15)16/h16H,2-14,18H2,1H3,(H,20,21);2-13H2,1H3/t16-;/m0./s1. The van der Waals surface area contributed by atoms with Crippen molar-refractivity contribution in [3.8, 4) is 0 Å². The van der Waals surface area contributed by atoms with Crippen LogP contribution >= 0.6 is 11.6 Å². The molecule has 0 spiro atoms. The van der Waals surface area contributed by atoms with Crippen LogP contribution in [0.2, 0.25) is 0 Å². The molecule has 0 bridgehead atoms. The molecule has 0 heterocycles. The first-order valence-electron chi connectivity index (χ1n) is 15.5. The van der Waals surface area contributed by atoms with Crippen molar-refractivity contribution in [1.29, 1.82) is 0 Å². The van der Waals surface area contributed by atoms with E-state index in [-0.39, 0.29) is 17.4 Å². The van der Waals surface area contributed by atoms with Gasteiger partial charge in [0.1, 0.15) is 11.8 Å². The number of carboxylic acids is 1. The van der Waals surface area contributed by atoms with Gasteiger partial charge in [0.15, 0.2) is 0 Å². The van der Waals surface area contributed by atoms with E-state index in [1.807, 2.05) is 0 Å². The number of ketones is 1. The summed E-state index contributed by atoms with van der Waals surface area (Å²) in [7, 11) is 0. The predicted octanol–water partition coefficient (Wildman–Crippen LogP) is 9.51. The zero-order chi connectivity index (χ0) is 28.0. The monoisotopic (exact) mass is 545 g/mol. The molecule has 0 aliphatic heterocycles. The molecule has 37 heavy (non-hydrogen) atoms. The first-order valence-corrected chi connectivity index (χ1v) is 15.9. The fraction of sp³-hybridized carbons (Fsp3) is 0.903. The van der Waals surface area contributed by atoms with E-state index in [0.29, 0.717) is 12.8 Å². The van der Waals surface area contributed by atoms with Gasteiger partial charge in [0.2, 0.25) is 5.24 Å². The second kappa shape index (κ2) is 31.3. The van der Waals surface area contributed by atoms with Crippen LogP contribution in [-0.2, 0) is 14.4 Å². The largest absolute Gasteiger partial charge is 0.480 e. The van der Waals surface area contributed by atoms with Gasteiger partial charge in [-0.15, -0.1) is 0 Å². The van der Waals surface area contributed by atoms with Crippen LogP contribution in [0.1, 0.15) is 174 Å². The molecule has 0 unspecified atom stereocenters. The lowest BCUT2D eigenvalue weighted by molar-refractivity contribution is -0.140. The van der Waals surface area contributed by atoms with Gasteiger partial charge in [-0.2, -0.15) is 0 Å².